The number of rotatable bonds is 4. The quantitative estimate of drug-likeness (QED) is 0.788. The second kappa shape index (κ2) is 6.58. The number of nitrogens with zero attached hydrogens (tertiary/aromatic N) is 1. The molecule has 1 heterocycles. The fourth-order valence-electron chi connectivity index (χ4n) is 2.42. The number of hydrogen-bond donors (Lipinski definition) is 0. The summed E-state index contributed by atoms with van der Waals surface area (Å²) in [5, 5.41) is 0.615. The van der Waals surface area contributed by atoms with Gasteiger partial charge < -0.3 is 0 Å². The summed E-state index contributed by atoms with van der Waals surface area (Å²) in [5.74, 6) is 1.38. The van der Waals surface area contributed by atoms with Gasteiger partial charge in [-0.3, -0.25) is 9.69 Å². The number of ketones is 1. The summed E-state index contributed by atoms with van der Waals surface area (Å²) in [6.45, 7) is 8.18. The predicted octanol–water partition coefficient (Wildman–Crippen LogP) is 3.26. The Bertz CT molecular complexity index is 429. The normalized spacial score (nSPS) is 24.4. The number of Topliss-reactive ketones (excluding diaryl/α,β-unsaturated/α-hetero) is 1. The average Bonchev–Trinajstić information content (AvgIpc) is 2.44. The first-order chi connectivity index (χ1) is 9.11. The molecule has 1 aromatic rings. The van der Waals surface area contributed by atoms with Crippen molar-refractivity contribution in [3.8, 4) is 0 Å². The number of carbonyl (C=O) groups excluding carboxylic acids is 1. The van der Waals surface area contributed by atoms with Gasteiger partial charge in [0.2, 0.25) is 0 Å². The highest BCUT2D eigenvalue weighted by atomic mass is 32.2. The molecule has 0 N–H and O–H groups in total. The van der Waals surface area contributed by atoms with Crippen molar-refractivity contribution in [2.75, 3.05) is 18.8 Å². The number of thioether (sulfide) groups is 1. The molecule has 3 heteroatoms. The summed E-state index contributed by atoms with van der Waals surface area (Å²) in [4.78, 5) is 14.6. The van der Waals surface area contributed by atoms with Gasteiger partial charge in [-0.2, -0.15) is 11.8 Å². The van der Waals surface area contributed by atoms with Gasteiger partial charge in [0.25, 0.3) is 0 Å². The lowest BCUT2D eigenvalue weighted by Crippen LogP contribution is -2.46. The van der Waals surface area contributed by atoms with Crippen LogP contribution in [0.2, 0.25) is 0 Å². The van der Waals surface area contributed by atoms with Gasteiger partial charge in [-0.05, 0) is 18.9 Å². The van der Waals surface area contributed by atoms with Crippen molar-refractivity contribution < 1.29 is 4.79 Å². The Labute approximate surface area is 120 Å². The topological polar surface area (TPSA) is 20.3 Å². The van der Waals surface area contributed by atoms with Crippen LogP contribution in [0.5, 0.6) is 0 Å². The maximum absolute atomic E-state index is 12.3. The van der Waals surface area contributed by atoms with Gasteiger partial charge in [0.05, 0.1) is 6.54 Å². The van der Waals surface area contributed by atoms with Gasteiger partial charge in [0.1, 0.15) is 0 Å². The third-order valence-corrected chi connectivity index (χ3v) is 5.38. The molecule has 1 saturated heterocycles. The van der Waals surface area contributed by atoms with E-state index in [0.29, 0.717) is 17.8 Å². The minimum absolute atomic E-state index is 0.244. The van der Waals surface area contributed by atoms with Crippen LogP contribution in [0.1, 0.15) is 36.7 Å². The maximum Gasteiger partial charge on any atom is 0.176 e. The van der Waals surface area contributed by atoms with Crippen molar-refractivity contribution in [1.82, 2.24) is 4.90 Å². The molecule has 2 atom stereocenters. The highest BCUT2D eigenvalue weighted by Crippen LogP contribution is 2.24. The van der Waals surface area contributed by atoms with Crippen LogP contribution in [0, 0.1) is 0 Å². The molecular weight excluding hydrogens is 254 g/mol. The molecule has 1 aliphatic rings. The van der Waals surface area contributed by atoms with Crippen LogP contribution in [0.3, 0.4) is 0 Å². The van der Waals surface area contributed by atoms with Crippen molar-refractivity contribution in [3.63, 3.8) is 0 Å². The largest absolute Gasteiger partial charge is 0.293 e. The molecule has 0 radical (unpaired) electrons. The smallest absolute Gasteiger partial charge is 0.176 e. The Morgan fingerprint density at radius 1 is 1.32 bits per heavy atom. The van der Waals surface area contributed by atoms with Gasteiger partial charge in [0, 0.05) is 29.2 Å². The second-order valence-electron chi connectivity index (χ2n) is 5.26. The van der Waals surface area contributed by atoms with E-state index in [0.717, 1.165) is 24.3 Å². The molecule has 0 amide bonds. The van der Waals surface area contributed by atoms with Crippen LogP contribution >= 0.6 is 11.8 Å². The van der Waals surface area contributed by atoms with Crippen LogP contribution < -0.4 is 0 Å². The first-order valence-corrected chi connectivity index (χ1v) is 8.14. The molecule has 1 aromatic carbocycles. The molecule has 0 saturated carbocycles. The number of benzene rings is 1. The molecule has 19 heavy (non-hydrogen) atoms. The van der Waals surface area contributed by atoms with E-state index in [2.05, 4.69) is 37.8 Å². The lowest BCUT2D eigenvalue weighted by molar-refractivity contribution is 0.0902. The summed E-state index contributed by atoms with van der Waals surface area (Å²) >= 11 is 2.00. The van der Waals surface area contributed by atoms with E-state index in [4.69, 9.17) is 0 Å². The third-order valence-electron chi connectivity index (χ3n) is 4.05. The molecule has 1 aliphatic heterocycles. The van der Waals surface area contributed by atoms with Crippen molar-refractivity contribution in [2.24, 2.45) is 0 Å². The predicted molar refractivity (Wildman–Crippen MR) is 83.1 cm³/mol. The Morgan fingerprint density at radius 3 is 2.63 bits per heavy atom. The van der Waals surface area contributed by atoms with Crippen LogP contribution in [-0.4, -0.2) is 40.8 Å². The minimum atomic E-state index is 0.244. The molecule has 0 aromatic heterocycles. The zero-order chi connectivity index (χ0) is 13.8. The minimum Gasteiger partial charge on any atom is -0.293 e. The maximum atomic E-state index is 12.3. The summed E-state index contributed by atoms with van der Waals surface area (Å²) in [6, 6.07) is 8.54. The van der Waals surface area contributed by atoms with E-state index in [-0.39, 0.29) is 5.78 Å². The summed E-state index contributed by atoms with van der Waals surface area (Å²) < 4.78 is 0. The molecular formula is C16H23NOS. The van der Waals surface area contributed by atoms with E-state index in [1.807, 2.05) is 23.9 Å². The fraction of sp³-hybridized carbons (Fsp3) is 0.562. The van der Waals surface area contributed by atoms with Crippen molar-refractivity contribution in [2.45, 2.75) is 38.5 Å². The highest BCUT2D eigenvalue weighted by molar-refractivity contribution is 8.00. The van der Waals surface area contributed by atoms with Crippen molar-refractivity contribution >= 4 is 17.5 Å². The zero-order valence-corrected chi connectivity index (χ0v) is 12.9. The Balaban J connectivity index is 1.99. The summed E-state index contributed by atoms with van der Waals surface area (Å²) in [5.41, 5.74) is 2.13. The monoisotopic (exact) mass is 277 g/mol. The Hall–Kier alpha value is -0.800. The molecule has 0 bridgehead atoms. The summed E-state index contributed by atoms with van der Waals surface area (Å²) in [7, 11) is 0. The van der Waals surface area contributed by atoms with Crippen LogP contribution in [-0.2, 0) is 6.42 Å². The van der Waals surface area contributed by atoms with Gasteiger partial charge in [0.15, 0.2) is 5.78 Å². The van der Waals surface area contributed by atoms with E-state index < -0.39 is 0 Å². The Kier molecular flexibility index (Phi) is 5.06. The SMILES string of the molecule is CCc1ccc(C(=O)CN2CCSC(C)C2C)cc1. The summed E-state index contributed by atoms with van der Waals surface area (Å²) in [6.07, 6.45) is 1.02. The van der Waals surface area contributed by atoms with Crippen molar-refractivity contribution in [1.29, 1.82) is 0 Å². The number of carbonyl (C=O) groups is 1. The number of aryl methyl sites for hydroxylation is 1. The van der Waals surface area contributed by atoms with Crippen molar-refractivity contribution in [3.05, 3.63) is 35.4 Å². The highest BCUT2D eigenvalue weighted by Gasteiger charge is 2.26. The average molecular weight is 277 g/mol. The standard InChI is InChI=1S/C16H23NOS/c1-4-14-5-7-15(8-6-14)16(18)11-17-9-10-19-13(3)12(17)2/h5-8,12-13H,4,9-11H2,1-3H3. The second-order valence-corrected chi connectivity index (χ2v) is 6.75. The van der Waals surface area contributed by atoms with Gasteiger partial charge in [-0.15, -0.1) is 0 Å². The van der Waals surface area contributed by atoms with E-state index in [1.54, 1.807) is 0 Å². The molecule has 2 unspecified atom stereocenters. The van der Waals surface area contributed by atoms with Gasteiger partial charge >= 0.3 is 0 Å². The molecule has 1 fully saturated rings. The van der Waals surface area contributed by atoms with E-state index >= 15 is 0 Å². The Morgan fingerprint density at radius 2 is 2.00 bits per heavy atom. The lowest BCUT2D eigenvalue weighted by Gasteiger charge is -2.36. The van der Waals surface area contributed by atoms with E-state index in [9.17, 15) is 4.79 Å². The third kappa shape index (κ3) is 3.61. The van der Waals surface area contributed by atoms with Crippen LogP contribution in [0.4, 0.5) is 0 Å². The first-order valence-electron chi connectivity index (χ1n) is 7.09. The molecule has 0 spiro atoms. The van der Waals surface area contributed by atoms with E-state index in [1.165, 1.54) is 5.56 Å². The molecule has 0 aliphatic carbocycles. The first kappa shape index (κ1) is 14.6. The number of hydrogen-bond acceptors (Lipinski definition) is 3. The zero-order valence-electron chi connectivity index (χ0n) is 12.1. The van der Waals surface area contributed by atoms with Crippen LogP contribution in [0.25, 0.3) is 0 Å². The van der Waals surface area contributed by atoms with Gasteiger partial charge in [-0.25, -0.2) is 0 Å². The fourth-order valence-corrected chi connectivity index (χ4v) is 3.58. The molecule has 2 nitrogen and oxygen atoms in total. The van der Waals surface area contributed by atoms with Crippen LogP contribution in [0.15, 0.2) is 24.3 Å². The lowest BCUT2D eigenvalue weighted by atomic mass is 10.1. The van der Waals surface area contributed by atoms with Gasteiger partial charge in [-0.1, -0.05) is 38.1 Å². The molecule has 2 rings (SSSR count). The molecule has 104 valence electrons.